The van der Waals surface area contributed by atoms with Crippen LogP contribution in [0.3, 0.4) is 0 Å². The van der Waals surface area contributed by atoms with Gasteiger partial charge in [-0.05, 0) is 12.1 Å². The fourth-order valence-corrected chi connectivity index (χ4v) is 1.90. The third-order valence-electron chi connectivity index (χ3n) is 2.51. The highest BCUT2D eigenvalue weighted by Crippen LogP contribution is 2.27. The van der Waals surface area contributed by atoms with Crippen molar-refractivity contribution in [1.82, 2.24) is 4.98 Å². The van der Waals surface area contributed by atoms with E-state index in [-0.39, 0.29) is 17.3 Å². The molecule has 1 aromatic carbocycles. The third-order valence-corrected chi connectivity index (χ3v) is 2.80. The van der Waals surface area contributed by atoms with Crippen LogP contribution in [0.2, 0.25) is 5.02 Å². The first-order valence-electron chi connectivity index (χ1n) is 5.48. The number of hydrogen-bond acceptors (Lipinski definition) is 3. The van der Waals surface area contributed by atoms with E-state index in [2.05, 4.69) is 10.3 Å². The molecule has 0 aliphatic carbocycles. The standard InChI is InChI=1S/C13H11ClF2N2O/c1-19-13-8(3-2-4-17-13)7-18-12-10(14)5-9(15)6-11(12)16/h2-6,18H,7H2,1H3. The van der Waals surface area contributed by atoms with Gasteiger partial charge in [-0.2, -0.15) is 0 Å². The molecule has 0 fully saturated rings. The van der Waals surface area contributed by atoms with Crippen LogP contribution in [0.4, 0.5) is 14.5 Å². The SMILES string of the molecule is COc1ncccc1CNc1c(F)cc(F)cc1Cl. The first kappa shape index (κ1) is 13.5. The second-order valence-corrected chi connectivity index (χ2v) is 4.18. The van der Waals surface area contributed by atoms with E-state index in [9.17, 15) is 8.78 Å². The summed E-state index contributed by atoms with van der Waals surface area (Å²) in [6.07, 6.45) is 1.59. The van der Waals surface area contributed by atoms with E-state index in [0.717, 1.165) is 17.7 Å². The summed E-state index contributed by atoms with van der Waals surface area (Å²) < 4.78 is 31.5. The lowest BCUT2D eigenvalue weighted by molar-refractivity contribution is 0.393. The van der Waals surface area contributed by atoms with E-state index in [1.807, 2.05) is 0 Å². The van der Waals surface area contributed by atoms with Crippen molar-refractivity contribution in [1.29, 1.82) is 0 Å². The Labute approximate surface area is 114 Å². The maximum atomic E-state index is 13.6. The van der Waals surface area contributed by atoms with Crippen molar-refractivity contribution in [2.24, 2.45) is 0 Å². The van der Waals surface area contributed by atoms with Gasteiger partial charge in [-0.3, -0.25) is 0 Å². The van der Waals surface area contributed by atoms with Gasteiger partial charge in [0.15, 0.2) is 5.82 Å². The molecule has 0 amide bonds. The fourth-order valence-electron chi connectivity index (χ4n) is 1.64. The summed E-state index contributed by atoms with van der Waals surface area (Å²) in [7, 11) is 1.50. The molecule has 0 unspecified atom stereocenters. The first-order valence-corrected chi connectivity index (χ1v) is 5.86. The molecule has 6 heteroatoms. The fraction of sp³-hybridized carbons (Fsp3) is 0.154. The molecule has 2 aromatic rings. The topological polar surface area (TPSA) is 34.1 Å². The van der Waals surface area contributed by atoms with Crippen molar-refractivity contribution in [2.75, 3.05) is 12.4 Å². The molecule has 0 radical (unpaired) electrons. The van der Waals surface area contributed by atoms with Crippen LogP contribution >= 0.6 is 11.6 Å². The number of pyridine rings is 1. The largest absolute Gasteiger partial charge is 0.481 e. The summed E-state index contributed by atoms with van der Waals surface area (Å²) in [4.78, 5) is 4.02. The van der Waals surface area contributed by atoms with E-state index < -0.39 is 11.6 Å². The molecule has 19 heavy (non-hydrogen) atoms. The Morgan fingerprint density at radius 2 is 2.16 bits per heavy atom. The second kappa shape index (κ2) is 5.84. The van der Waals surface area contributed by atoms with E-state index in [1.165, 1.54) is 7.11 Å². The number of aromatic nitrogens is 1. The molecule has 3 nitrogen and oxygen atoms in total. The number of hydrogen-bond donors (Lipinski definition) is 1. The summed E-state index contributed by atoms with van der Waals surface area (Å²) in [6.45, 7) is 0.263. The van der Waals surface area contributed by atoms with Crippen molar-refractivity contribution >= 4 is 17.3 Å². The van der Waals surface area contributed by atoms with Gasteiger partial charge in [-0.1, -0.05) is 17.7 Å². The van der Waals surface area contributed by atoms with Crippen LogP contribution in [0.25, 0.3) is 0 Å². The highest BCUT2D eigenvalue weighted by atomic mass is 35.5. The normalized spacial score (nSPS) is 10.3. The van der Waals surface area contributed by atoms with E-state index in [0.29, 0.717) is 5.88 Å². The zero-order chi connectivity index (χ0) is 13.8. The monoisotopic (exact) mass is 284 g/mol. The highest BCUT2D eigenvalue weighted by molar-refractivity contribution is 6.33. The third kappa shape index (κ3) is 3.12. The average Bonchev–Trinajstić information content (AvgIpc) is 2.38. The van der Waals surface area contributed by atoms with E-state index in [1.54, 1.807) is 18.3 Å². The molecule has 0 bridgehead atoms. The molecule has 1 N–H and O–H groups in total. The van der Waals surface area contributed by atoms with Gasteiger partial charge in [0, 0.05) is 24.4 Å². The van der Waals surface area contributed by atoms with Crippen LogP contribution in [0.5, 0.6) is 5.88 Å². The van der Waals surface area contributed by atoms with Gasteiger partial charge in [0.2, 0.25) is 5.88 Å². The molecule has 0 saturated carbocycles. The molecular weight excluding hydrogens is 274 g/mol. The van der Waals surface area contributed by atoms with Gasteiger partial charge >= 0.3 is 0 Å². The van der Waals surface area contributed by atoms with Gasteiger partial charge in [-0.15, -0.1) is 0 Å². The van der Waals surface area contributed by atoms with Gasteiger partial charge in [0.05, 0.1) is 17.8 Å². The molecule has 0 spiro atoms. The lowest BCUT2D eigenvalue weighted by atomic mass is 10.2. The quantitative estimate of drug-likeness (QED) is 0.931. The first-order chi connectivity index (χ1) is 9.11. The van der Waals surface area contributed by atoms with Crippen molar-refractivity contribution in [2.45, 2.75) is 6.54 Å². The summed E-state index contributed by atoms with van der Waals surface area (Å²) in [5.74, 6) is -1.02. The van der Waals surface area contributed by atoms with Crippen molar-refractivity contribution in [3.8, 4) is 5.88 Å². The van der Waals surface area contributed by atoms with Gasteiger partial charge in [0.1, 0.15) is 5.82 Å². The molecule has 1 heterocycles. The Kier molecular flexibility index (Phi) is 4.16. The minimum Gasteiger partial charge on any atom is -0.481 e. The lowest BCUT2D eigenvalue weighted by Crippen LogP contribution is -2.05. The van der Waals surface area contributed by atoms with Crippen LogP contribution in [0.15, 0.2) is 30.5 Å². The van der Waals surface area contributed by atoms with Crippen LogP contribution < -0.4 is 10.1 Å². The number of rotatable bonds is 4. The lowest BCUT2D eigenvalue weighted by Gasteiger charge is -2.11. The average molecular weight is 285 g/mol. The molecule has 0 saturated heterocycles. The van der Waals surface area contributed by atoms with Crippen molar-refractivity contribution in [3.63, 3.8) is 0 Å². The zero-order valence-electron chi connectivity index (χ0n) is 10.1. The van der Waals surface area contributed by atoms with Crippen LogP contribution in [-0.2, 0) is 6.54 Å². The number of benzene rings is 1. The van der Waals surface area contributed by atoms with Gasteiger partial charge in [0.25, 0.3) is 0 Å². The Hall–Kier alpha value is -1.88. The number of halogens is 3. The number of nitrogens with one attached hydrogen (secondary N) is 1. The Balaban J connectivity index is 2.19. The molecule has 2 rings (SSSR count). The number of anilines is 1. The Morgan fingerprint density at radius 1 is 1.37 bits per heavy atom. The van der Waals surface area contributed by atoms with Crippen molar-refractivity contribution in [3.05, 3.63) is 52.7 Å². The van der Waals surface area contributed by atoms with Crippen molar-refractivity contribution < 1.29 is 13.5 Å². The summed E-state index contributed by atoms with van der Waals surface area (Å²) in [5, 5.41) is 2.79. The predicted molar refractivity (Wildman–Crippen MR) is 69.5 cm³/mol. The minimum absolute atomic E-state index is 0.0136. The summed E-state index contributed by atoms with van der Waals surface area (Å²) in [5.41, 5.74) is 0.791. The van der Waals surface area contributed by atoms with E-state index >= 15 is 0 Å². The molecule has 0 aliphatic rings. The second-order valence-electron chi connectivity index (χ2n) is 3.77. The summed E-state index contributed by atoms with van der Waals surface area (Å²) in [6, 6.07) is 5.35. The number of ether oxygens (including phenoxy) is 1. The summed E-state index contributed by atoms with van der Waals surface area (Å²) >= 11 is 5.79. The highest BCUT2D eigenvalue weighted by Gasteiger charge is 2.11. The van der Waals surface area contributed by atoms with Gasteiger partial charge in [-0.25, -0.2) is 13.8 Å². The Morgan fingerprint density at radius 3 is 2.84 bits per heavy atom. The molecule has 0 atom stereocenters. The molecular formula is C13H11ClF2N2O. The van der Waals surface area contributed by atoms with Gasteiger partial charge < -0.3 is 10.1 Å². The number of methoxy groups -OCH3 is 1. The maximum absolute atomic E-state index is 13.6. The molecule has 100 valence electrons. The van der Waals surface area contributed by atoms with Crippen LogP contribution in [0, 0.1) is 11.6 Å². The predicted octanol–water partition coefficient (Wildman–Crippen LogP) is 3.63. The zero-order valence-corrected chi connectivity index (χ0v) is 10.8. The smallest absolute Gasteiger partial charge is 0.218 e. The minimum atomic E-state index is -0.743. The number of nitrogens with zero attached hydrogens (tertiary/aromatic N) is 1. The molecule has 1 aromatic heterocycles. The molecule has 0 aliphatic heterocycles. The Bertz CT molecular complexity index is 570. The van der Waals surface area contributed by atoms with Crippen LogP contribution in [-0.4, -0.2) is 12.1 Å². The van der Waals surface area contributed by atoms with E-state index in [4.69, 9.17) is 16.3 Å². The van der Waals surface area contributed by atoms with Crippen LogP contribution in [0.1, 0.15) is 5.56 Å². The maximum Gasteiger partial charge on any atom is 0.218 e.